The fourth-order valence-electron chi connectivity index (χ4n) is 1.36. The Hall–Kier alpha value is -0.940. The lowest BCUT2D eigenvalue weighted by Gasteiger charge is -2.27. The van der Waals surface area contributed by atoms with Crippen LogP contribution in [0.1, 0.15) is 11.1 Å². The molecule has 0 aromatic heterocycles. The summed E-state index contributed by atoms with van der Waals surface area (Å²) in [5, 5.41) is 27.2. The van der Waals surface area contributed by atoms with E-state index in [9.17, 15) is 0 Å². The van der Waals surface area contributed by atoms with Crippen LogP contribution in [0.15, 0.2) is 24.3 Å². The average molecular weight is 197 g/mol. The minimum absolute atomic E-state index is 0.158. The van der Waals surface area contributed by atoms with Crippen LogP contribution in [-0.4, -0.2) is 28.5 Å². The molecule has 4 heteroatoms. The van der Waals surface area contributed by atoms with Crippen molar-refractivity contribution in [3.63, 3.8) is 0 Å². The second-order valence-electron chi connectivity index (χ2n) is 3.29. The molecule has 0 spiro atoms. The second-order valence-corrected chi connectivity index (χ2v) is 3.29. The van der Waals surface area contributed by atoms with E-state index in [0.29, 0.717) is 11.1 Å². The maximum absolute atomic E-state index is 9.09. The number of hydrogen-bond acceptors (Lipinski definition) is 4. The molecule has 0 radical (unpaired) electrons. The molecule has 1 aromatic rings. The molecule has 0 saturated heterocycles. The lowest BCUT2D eigenvalue weighted by Crippen LogP contribution is -2.44. The maximum atomic E-state index is 9.09. The Labute approximate surface area is 82.6 Å². The van der Waals surface area contributed by atoms with Crippen LogP contribution in [0.5, 0.6) is 0 Å². The maximum Gasteiger partial charge on any atom is 0.0881 e. The van der Waals surface area contributed by atoms with E-state index >= 15 is 0 Å². The van der Waals surface area contributed by atoms with E-state index in [4.69, 9.17) is 21.1 Å². The number of hydrogen-bond donors (Lipinski definition) is 4. The van der Waals surface area contributed by atoms with Gasteiger partial charge in [-0.05, 0) is 11.1 Å². The summed E-state index contributed by atoms with van der Waals surface area (Å²) >= 11 is 0. The monoisotopic (exact) mass is 197 g/mol. The molecule has 0 amide bonds. The average Bonchev–Trinajstić information content (AvgIpc) is 2.28. The first-order valence-electron chi connectivity index (χ1n) is 4.38. The zero-order chi connectivity index (χ0) is 10.6. The molecule has 14 heavy (non-hydrogen) atoms. The van der Waals surface area contributed by atoms with Gasteiger partial charge in [0.15, 0.2) is 0 Å². The van der Waals surface area contributed by atoms with Crippen molar-refractivity contribution in [3.05, 3.63) is 35.4 Å². The van der Waals surface area contributed by atoms with Crippen molar-refractivity contribution in [1.29, 1.82) is 0 Å². The molecule has 0 aliphatic rings. The van der Waals surface area contributed by atoms with Crippen molar-refractivity contribution < 1.29 is 15.3 Å². The molecule has 0 aliphatic carbocycles. The first kappa shape index (κ1) is 11.1. The van der Waals surface area contributed by atoms with E-state index in [1.807, 2.05) is 0 Å². The molecule has 78 valence electrons. The third-order valence-corrected chi connectivity index (χ3v) is 2.29. The summed E-state index contributed by atoms with van der Waals surface area (Å²) in [4.78, 5) is 0. The van der Waals surface area contributed by atoms with Gasteiger partial charge in [-0.25, -0.2) is 0 Å². The zero-order valence-electron chi connectivity index (χ0n) is 7.85. The number of rotatable bonds is 4. The smallest absolute Gasteiger partial charge is 0.0881 e. The van der Waals surface area contributed by atoms with Crippen LogP contribution in [0.2, 0.25) is 0 Å². The van der Waals surface area contributed by atoms with Crippen molar-refractivity contribution in [1.82, 2.24) is 0 Å². The van der Waals surface area contributed by atoms with Crippen molar-refractivity contribution in [3.8, 4) is 0 Å². The molecule has 0 aliphatic heterocycles. The highest BCUT2D eigenvalue weighted by Gasteiger charge is 2.27. The van der Waals surface area contributed by atoms with Crippen molar-refractivity contribution in [2.45, 2.75) is 12.1 Å². The molecule has 5 N–H and O–H groups in total. The summed E-state index contributed by atoms with van der Waals surface area (Å²) in [6.45, 7) is -0.879. The summed E-state index contributed by atoms with van der Waals surface area (Å²) in [7, 11) is 0. The zero-order valence-corrected chi connectivity index (χ0v) is 7.85. The first-order valence-corrected chi connectivity index (χ1v) is 4.38. The van der Waals surface area contributed by atoms with E-state index in [0.717, 1.165) is 0 Å². The van der Waals surface area contributed by atoms with Crippen molar-refractivity contribution in [2.24, 2.45) is 5.73 Å². The summed E-state index contributed by atoms with van der Waals surface area (Å²) in [6.07, 6.45) is 0. The van der Waals surface area contributed by atoms with Crippen LogP contribution in [0.3, 0.4) is 0 Å². The largest absolute Gasteiger partial charge is 0.394 e. The van der Waals surface area contributed by atoms with E-state index in [2.05, 4.69) is 0 Å². The predicted molar refractivity (Wildman–Crippen MR) is 52.4 cm³/mol. The number of benzene rings is 1. The molecule has 0 atom stereocenters. The van der Waals surface area contributed by atoms with Crippen molar-refractivity contribution in [2.75, 3.05) is 13.2 Å². The normalized spacial score (nSPS) is 11.7. The first-order chi connectivity index (χ1) is 6.68. The molecule has 0 fully saturated rings. The molecule has 0 unspecified atom stereocenters. The van der Waals surface area contributed by atoms with Gasteiger partial charge in [-0.15, -0.1) is 0 Å². The number of aliphatic hydroxyl groups is 3. The molecule has 0 saturated carbocycles. The van der Waals surface area contributed by atoms with E-state index < -0.39 is 5.54 Å². The van der Waals surface area contributed by atoms with Crippen LogP contribution in [0.25, 0.3) is 0 Å². The second kappa shape index (κ2) is 4.52. The Bertz CT molecular complexity index is 297. The summed E-state index contributed by atoms with van der Waals surface area (Å²) in [5.74, 6) is 0. The third-order valence-electron chi connectivity index (χ3n) is 2.29. The molecular formula is C10H15NO3. The Balaban J connectivity index is 3.15. The van der Waals surface area contributed by atoms with Crippen LogP contribution in [0, 0.1) is 0 Å². The number of aliphatic hydroxyl groups excluding tert-OH is 3. The number of nitrogens with two attached hydrogens (primary N) is 1. The van der Waals surface area contributed by atoms with Crippen LogP contribution in [0.4, 0.5) is 0 Å². The lowest BCUT2D eigenvalue weighted by atomic mass is 9.89. The van der Waals surface area contributed by atoms with Gasteiger partial charge in [-0.2, -0.15) is 0 Å². The lowest BCUT2D eigenvalue weighted by molar-refractivity contribution is 0.119. The van der Waals surface area contributed by atoms with Gasteiger partial charge in [-0.1, -0.05) is 24.3 Å². The van der Waals surface area contributed by atoms with Crippen molar-refractivity contribution >= 4 is 0 Å². The van der Waals surface area contributed by atoms with Gasteiger partial charge in [0, 0.05) is 0 Å². The quantitative estimate of drug-likeness (QED) is 0.515. The Morgan fingerprint density at radius 3 is 2.14 bits per heavy atom. The van der Waals surface area contributed by atoms with Gasteiger partial charge >= 0.3 is 0 Å². The Morgan fingerprint density at radius 1 is 1.07 bits per heavy atom. The van der Waals surface area contributed by atoms with Gasteiger partial charge in [0.25, 0.3) is 0 Å². The molecule has 0 heterocycles. The fourth-order valence-corrected chi connectivity index (χ4v) is 1.36. The Kier molecular flexibility index (Phi) is 3.60. The van der Waals surface area contributed by atoms with Gasteiger partial charge < -0.3 is 21.1 Å². The summed E-state index contributed by atoms with van der Waals surface area (Å²) in [6, 6.07) is 6.92. The van der Waals surface area contributed by atoms with E-state index in [1.54, 1.807) is 24.3 Å². The topological polar surface area (TPSA) is 86.7 Å². The van der Waals surface area contributed by atoms with E-state index in [1.165, 1.54) is 0 Å². The molecule has 1 rings (SSSR count). The molecular weight excluding hydrogens is 182 g/mol. The van der Waals surface area contributed by atoms with Crippen LogP contribution < -0.4 is 5.73 Å². The molecule has 0 bridgehead atoms. The minimum atomic E-state index is -1.18. The van der Waals surface area contributed by atoms with Crippen LogP contribution in [-0.2, 0) is 12.1 Å². The highest BCUT2D eigenvalue weighted by atomic mass is 16.3. The minimum Gasteiger partial charge on any atom is -0.394 e. The summed E-state index contributed by atoms with van der Waals surface area (Å²) in [5.41, 5.74) is 5.80. The molecule has 1 aromatic carbocycles. The predicted octanol–water partition coefficient (Wildman–Crippen LogP) is -0.683. The Morgan fingerprint density at radius 2 is 1.64 bits per heavy atom. The molecule has 4 nitrogen and oxygen atoms in total. The summed E-state index contributed by atoms with van der Waals surface area (Å²) < 4.78 is 0. The van der Waals surface area contributed by atoms with Gasteiger partial charge in [0.2, 0.25) is 0 Å². The third kappa shape index (κ3) is 1.93. The standard InChI is InChI=1S/C10H15NO3/c11-10(6-13,7-14)9-4-2-1-3-8(9)5-12/h1-4,12-14H,5-7,11H2. The highest BCUT2D eigenvalue weighted by molar-refractivity contribution is 5.33. The van der Waals surface area contributed by atoms with E-state index in [-0.39, 0.29) is 19.8 Å². The fraction of sp³-hybridized carbons (Fsp3) is 0.400. The van der Waals surface area contributed by atoms with Gasteiger partial charge in [0.05, 0.1) is 25.4 Å². The SMILES string of the molecule is NC(CO)(CO)c1ccccc1CO. The van der Waals surface area contributed by atoms with Gasteiger partial charge in [0.1, 0.15) is 0 Å². The van der Waals surface area contributed by atoms with Crippen LogP contribution >= 0.6 is 0 Å². The van der Waals surface area contributed by atoms with Gasteiger partial charge in [-0.3, -0.25) is 0 Å². The highest BCUT2D eigenvalue weighted by Crippen LogP contribution is 2.21.